The van der Waals surface area contributed by atoms with Crippen molar-refractivity contribution in [1.29, 1.82) is 0 Å². The quantitative estimate of drug-likeness (QED) is 0.674. The zero-order chi connectivity index (χ0) is 7.73. The van der Waals surface area contributed by atoms with Gasteiger partial charge in [-0.1, -0.05) is 6.55 Å². The molecule has 0 spiro atoms. The Labute approximate surface area is 91.7 Å². The van der Waals surface area contributed by atoms with Crippen LogP contribution in [0.3, 0.4) is 0 Å². The molecule has 12 heavy (non-hydrogen) atoms. The second kappa shape index (κ2) is 4.39. The molecule has 1 saturated heterocycles. The van der Waals surface area contributed by atoms with E-state index in [-0.39, 0.29) is 30.6 Å². The summed E-state index contributed by atoms with van der Waals surface area (Å²) in [5, 5.41) is 0.470. The fourth-order valence-corrected chi connectivity index (χ4v) is 4.31. The molecule has 1 aliphatic carbocycles. The van der Waals surface area contributed by atoms with Gasteiger partial charge in [0.05, 0.1) is 14.7 Å². The van der Waals surface area contributed by atoms with Gasteiger partial charge in [-0.05, 0) is 38.0 Å². The van der Waals surface area contributed by atoms with Crippen molar-refractivity contribution in [3.63, 3.8) is 0 Å². The van der Waals surface area contributed by atoms with Gasteiger partial charge in [0.15, 0.2) is 0 Å². The van der Waals surface area contributed by atoms with Gasteiger partial charge in [-0.15, -0.1) is 0 Å². The van der Waals surface area contributed by atoms with Gasteiger partial charge in [0.2, 0.25) is 0 Å². The van der Waals surface area contributed by atoms with Crippen LogP contribution in [-0.4, -0.2) is 21.4 Å². The van der Waals surface area contributed by atoms with Crippen LogP contribution in [0.5, 0.6) is 0 Å². The molecular formula is C9H18OPtSi. The average molecular weight is 365 g/mol. The molecule has 0 aromatic rings. The minimum atomic E-state index is 0. The third-order valence-electron chi connectivity index (χ3n) is 3.30. The van der Waals surface area contributed by atoms with E-state index in [0.717, 1.165) is 12.5 Å². The van der Waals surface area contributed by atoms with Crippen LogP contribution in [0.1, 0.15) is 32.1 Å². The zero-order valence-electron chi connectivity index (χ0n) is 7.75. The fourth-order valence-electron chi connectivity index (χ4n) is 2.37. The molecule has 2 rings (SSSR count). The minimum absolute atomic E-state index is 0. The second-order valence-electron chi connectivity index (χ2n) is 4.00. The molecule has 3 heteroatoms. The third-order valence-corrected chi connectivity index (χ3v) is 5.64. The molecule has 0 bridgehead atoms. The van der Waals surface area contributed by atoms with Crippen molar-refractivity contribution < 1.29 is 25.8 Å². The Morgan fingerprint density at radius 3 is 2.50 bits per heavy atom. The Bertz CT molecular complexity index is 141. The summed E-state index contributed by atoms with van der Waals surface area (Å²) in [4.78, 5) is 0. The van der Waals surface area contributed by atoms with E-state index in [2.05, 4.69) is 6.55 Å². The van der Waals surface area contributed by atoms with Crippen molar-refractivity contribution in [2.75, 3.05) is 6.61 Å². The summed E-state index contributed by atoms with van der Waals surface area (Å²) in [6.45, 7) is 3.47. The molecule has 0 N–H and O–H groups in total. The zero-order valence-corrected chi connectivity index (χ0v) is 11.4. The summed E-state index contributed by atoms with van der Waals surface area (Å²) in [5.74, 6) is 0.986. The van der Waals surface area contributed by atoms with Crippen LogP contribution in [0.2, 0.25) is 6.55 Å². The normalized spacial score (nSPS) is 36.8. The van der Waals surface area contributed by atoms with Crippen LogP contribution < -0.4 is 0 Å². The molecule has 1 heterocycles. The summed E-state index contributed by atoms with van der Waals surface area (Å²) in [6.07, 6.45) is 7.04. The first kappa shape index (κ1) is 10.9. The van der Waals surface area contributed by atoms with E-state index >= 15 is 0 Å². The largest absolute Gasteiger partial charge is 0.379 e. The Kier molecular flexibility index (Phi) is 4.00. The van der Waals surface area contributed by atoms with E-state index in [4.69, 9.17) is 4.74 Å². The molecule has 1 saturated carbocycles. The van der Waals surface area contributed by atoms with Gasteiger partial charge in [-0.25, -0.2) is 0 Å². The Balaban J connectivity index is 0.000000720. The van der Waals surface area contributed by atoms with E-state index in [1.165, 1.54) is 32.1 Å². The fraction of sp³-hybridized carbons (Fsp3) is 1.00. The predicted molar refractivity (Wildman–Crippen MR) is 49.7 cm³/mol. The molecule has 1 unspecified atom stereocenters. The number of ether oxygens (including phenoxy) is 1. The number of hydrogen-bond donors (Lipinski definition) is 0. The van der Waals surface area contributed by atoms with Crippen molar-refractivity contribution in [1.82, 2.24) is 0 Å². The molecule has 0 amide bonds. The molecule has 74 valence electrons. The maximum Gasteiger partial charge on any atom is 0.0568 e. The SMILES string of the molecule is C[SiH2]C1(C2CC2)CCCCO1.[Pt]. The molecule has 0 aromatic heterocycles. The standard InChI is InChI=1S/C9H18OSi.Pt/c1-11-9(8-4-5-8)6-2-3-7-10-9;/h8H,2-7,11H2,1H3;. The molecular weight excluding hydrogens is 347 g/mol. The first-order valence-electron chi connectivity index (χ1n) is 5.01. The number of hydrogen-bond acceptors (Lipinski definition) is 1. The van der Waals surface area contributed by atoms with Gasteiger partial charge in [0, 0.05) is 27.7 Å². The van der Waals surface area contributed by atoms with Crippen molar-refractivity contribution in [2.45, 2.75) is 43.9 Å². The van der Waals surface area contributed by atoms with Gasteiger partial charge >= 0.3 is 0 Å². The van der Waals surface area contributed by atoms with Crippen molar-refractivity contribution >= 4 is 9.52 Å². The first-order valence-corrected chi connectivity index (χ1v) is 7.13. The summed E-state index contributed by atoms with van der Waals surface area (Å²) in [5.41, 5.74) is 0. The molecule has 1 nitrogen and oxygen atoms in total. The van der Waals surface area contributed by atoms with Gasteiger partial charge in [0.25, 0.3) is 0 Å². The van der Waals surface area contributed by atoms with E-state index < -0.39 is 0 Å². The predicted octanol–water partition coefficient (Wildman–Crippen LogP) is 1.51. The summed E-state index contributed by atoms with van der Waals surface area (Å²) in [6, 6.07) is 0. The minimum Gasteiger partial charge on any atom is -0.379 e. The molecule has 2 aliphatic rings. The molecule has 1 aliphatic heterocycles. The first-order chi connectivity index (χ1) is 5.37. The Morgan fingerprint density at radius 2 is 2.08 bits per heavy atom. The molecule has 0 radical (unpaired) electrons. The van der Waals surface area contributed by atoms with Crippen molar-refractivity contribution in [3.05, 3.63) is 0 Å². The van der Waals surface area contributed by atoms with E-state index in [1.54, 1.807) is 0 Å². The Hall–Kier alpha value is 0.865. The van der Waals surface area contributed by atoms with Crippen LogP contribution in [0.4, 0.5) is 0 Å². The van der Waals surface area contributed by atoms with Crippen LogP contribution in [0, 0.1) is 5.92 Å². The van der Waals surface area contributed by atoms with Gasteiger partial charge in [-0.2, -0.15) is 0 Å². The summed E-state index contributed by atoms with van der Waals surface area (Å²) >= 11 is 0. The maximum atomic E-state index is 6.00. The van der Waals surface area contributed by atoms with Crippen LogP contribution in [-0.2, 0) is 25.8 Å². The smallest absolute Gasteiger partial charge is 0.0568 e. The molecule has 1 atom stereocenters. The van der Waals surface area contributed by atoms with Gasteiger partial charge < -0.3 is 4.74 Å². The van der Waals surface area contributed by atoms with E-state index in [0.29, 0.717) is 5.22 Å². The van der Waals surface area contributed by atoms with Crippen molar-refractivity contribution in [3.8, 4) is 0 Å². The summed E-state index contributed by atoms with van der Waals surface area (Å²) in [7, 11) is 0.0542. The molecule has 2 fully saturated rings. The van der Waals surface area contributed by atoms with Crippen LogP contribution in [0.15, 0.2) is 0 Å². The summed E-state index contributed by atoms with van der Waals surface area (Å²) < 4.78 is 6.00. The second-order valence-corrected chi connectivity index (χ2v) is 5.90. The molecule has 0 aromatic carbocycles. The monoisotopic (exact) mass is 365 g/mol. The van der Waals surface area contributed by atoms with Crippen LogP contribution >= 0.6 is 0 Å². The van der Waals surface area contributed by atoms with Crippen LogP contribution in [0.25, 0.3) is 0 Å². The van der Waals surface area contributed by atoms with Gasteiger partial charge in [0.1, 0.15) is 0 Å². The Morgan fingerprint density at radius 1 is 1.33 bits per heavy atom. The number of rotatable bonds is 2. The van der Waals surface area contributed by atoms with E-state index in [1.807, 2.05) is 0 Å². The third kappa shape index (κ3) is 2.02. The topological polar surface area (TPSA) is 9.23 Å². The maximum absolute atomic E-state index is 6.00. The average Bonchev–Trinajstić information content (AvgIpc) is 2.88. The van der Waals surface area contributed by atoms with E-state index in [9.17, 15) is 0 Å². The van der Waals surface area contributed by atoms with Gasteiger partial charge in [-0.3, -0.25) is 0 Å². The van der Waals surface area contributed by atoms with Crippen molar-refractivity contribution in [2.24, 2.45) is 5.92 Å².